The van der Waals surface area contributed by atoms with Crippen LogP contribution in [-0.2, 0) is 14.8 Å². The molecule has 78 valence electrons. The van der Waals surface area contributed by atoms with Gasteiger partial charge in [0.05, 0.1) is 11.9 Å². The molecule has 0 aromatic rings. The molecule has 0 spiro atoms. The fourth-order valence-corrected chi connectivity index (χ4v) is 2.12. The van der Waals surface area contributed by atoms with E-state index in [0.717, 1.165) is 19.4 Å². The summed E-state index contributed by atoms with van der Waals surface area (Å²) in [5.74, 6) is 0. The summed E-state index contributed by atoms with van der Waals surface area (Å²) in [5, 5.41) is -0.366. The Kier molecular flexibility index (Phi) is 3.70. The first-order valence-corrected chi connectivity index (χ1v) is 6.16. The number of hydrogen-bond acceptors (Lipinski definition) is 3. The van der Waals surface area contributed by atoms with Crippen LogP contribution in [0.1, 0.15) is 26.7 Å². The summed E-state index contributed by atoms with van der Waals surface area (Å²) in [6.07, 6.45) is 1.82. The number of hydrogen-bond donors (Lipinski definition) is 1. The second-order valence-electron chi connectivity index (χ2n) is 3.63. The molecule has 1 aliphatic rings. The van der Waals surface area contributed by atoms with Crippen molar-refractivity contribution in [3.8, 4) is 0 Å². The van der Waals surface area contributed by atoms with Crippen LogP contribution < -0.4 is 4.72 Å². The van der Waals surface area contributed by atoms with Gasteiger partial charge in [-0.15, -0.1) is 0 Å². The average molecular weight is 207 g/mol. The van der Waals surface area contributed by atoms with Crippen LogP contribution in [0.3, 0.4) is 0 Å². The zero-order valence-electron chi connectivity index (χ0n) is 8.12. The van der Waals surface area contributed by atoms with Crippen LogP contribution in [0.5, 0.6) is 0 Å². The molecule has 13 heavy (non-hydrogen) atoms. The third kappa shape index (κ3) is 3.25. The highest BCUT2D eigenvalue weighted by Crippen LogP contribution is 2.08. The summed E-state index contributed by atoms with van der Waals surface area (Å²) < 4.78 is 30.7. The van der Waals surface area contributed by atoms with Crippen molar-refractivity contribution in [2.45, 2.75) is 38.0 Å². The van der Waals surface area contributed by atoms with Crippen LogP contribution in [0, 0.1) is 0 Å². The Balaban J connectivity index is 2.47. The predicted octanol–water partition coefficient (Wildman–Crippen LogP) is 0.493. The van der Waals surface area contributed by atoms with E-state index >= 15 is 0 Å². The second-order valence-corrected chi connectivity index (χ2v) is 5.89. The molecule has 0 aliphatic carbocycles. The van der Waals surface area contributed by atoms with E-state index in [1.165, 1.54) is 0 Å². The number of rotatable bonds is 3. The van der Waals surface area contributed by atoms with Crippen molar-refractivity contribution in [2.75, 3.05) is 13.2 Å². The van der Waals surface area contributed by atoms with Gasteiger partial charge in [0.25, 0.3) is 0 Å². The highest BCUT2D eigenvalue weighted by Gasteiger charge is 2.22. The Morgan fingerprint density at radius 1 is 1.46 bits per heavy atom. The van der Waals surface area contributed by atoms with Gasteiger partial charge < -0.3 is 4.74 Å². The number of ether oxygens (including phenoxy) is 1. The summed E-state index contributed by atoms with van der Waals surface area (Å²) in [7, 11) is -3.13. The summed E-state index contributed by atoms with van der Waals surface area (Å²) in [6.45, 7) is 4.60. The van der Waals surface area contributed by atoms with Crippen LogP contribution in [0.2, 0.25) is 0 Å². The van der Waals surface area contributed by atoms with Crippen molar-refractivity contribution in [1.82, 2.24) is 4.72 Å². The van der Waals surface area contributed by atoms with Gasteiger partial charge in [-0.25, -0.2) is 13.1 Å². The fourth-order valence-electron chi connectivity index (χ4n) is 1.20. The zero-order valence-corrected chi connectivity index (χ0v) is 8.93. The van der Waals surface area contributed by atoms with Gasteiger partial charge >= 0.3 is 0 Å². The molecule has 1 rings (SSSR count). The largest absolute Gasteiger partial charge is 0.380 e. The molecule has 0 aromatic carbocycles. The van der Waals surface area contributed by atoms with E-state index < -0.39 is 10.0 Å². The zero-order chi connectivity index (χ0) is 9.90. The van der Waals surface area contributed by atoms with Crippen LogP contribution in [0.25, 0.3) is 0 Å². The lowest BCUT2D eigenvalue weighted by Crippen LogP contribution is -2.43. The second kappa shape index (κ2) is 4.39. The maximum atomic E-state index is 11.4. The third-order valence-electron chi connectivity index (χ3n) is 2.11. The first kappa shape index (κ1) is 10.9. The molecule has 0 unspecified atom stereocenters. The molecule has 0 bridgehead atoms. The quantitative estimate of drug-likeness (QED) is 0.733. The molecular formula is C8H17NO3S. The maximum Gasteiger partial charge on any atom is 0.214 e. The van der Waals surface area contributed by atoms with E-state index in [2.05, 4.69) is 4.72 Å². The molecule has 0 saturated carbocycles. The number of sulfonamides is 1. The van der Waals surface area contributed by atoms with Crippen molar-refractivity contribution < 1.29 is 13.2 Å². The van der Waals surface area contributed by atoms with Crippen LogP contribution in [0.15, 0.2) is 0 Å². The van der Waals surface area contributed by atoms with Crippen LogP contribution in [-0.4, -0.2) is 32.9 Å². The van der Waals surface area contributed by atoms with E-state index in [-0.39, 0.29) is 11.3 Å². The van der Waals surface area contributed by atoms with Gasteiger partial charge in [-0.2, -0.15) is 0 Å². The molecule has 0 amide bonds. The maximum absolute atomic E-state index is 11.4. The molecule has 1 heterocycles. The van der Waals surface area contributed by atoms with Gasteiger partial charge in [-0.3, -0.25) is 0 Å². The summed E-state index contributed by atoms with van der Waals surface area (Å²) in [6, 6.07) is -0.0267. The fraction of sp³-hybridized carbons (Fsp3) is 1.00. The van der Waals surface area contributed by atoms with Crippen LogP contribution in [0.4, 0.5) is 0 Å². The Morgan fingerprint density at radius 3 is 2.62 bits per heavy atom. The topological polar surface area (TPSA) is 55.4 Å². The van der Waals surface area contributed by atoms with Gasteiger partial charge in [0.1, 0.15) is 0 Å². The van der Waals surface area contributed by atoms with Gasteiger partial charge in [0, 0.05) is 12.6 Å². The lowest BCUT2D eigenvalue weighted by molar-refractivity contribution is 0.0773. The van der Waals surface area contributed by atoms with Gasteiger partial charge in [-0.05, 0) is 26.7 Å². The molecule has 0 radical (unpaired) electrons. The smallest absolute Gasteiger partial charge is 0.214 e. The van der Waals surface area contributed by atoms with Crippen LogP contribution >= 0.6 is 0 Å². The Morgan fingerprint density at radius 2 is 2.15 bits per heavy atom. The summed E-state index contributed by atoms with van der Waals surface area (Å²) >= 11 is 0. The SMILES string of the molecule is CC(C)S(=O)(=O)N[C@H]1CCCOC1. The van der Waals surface area contributed by atoms with E-state index in [0.29, 0.717) is 6.61 Å². The molecule has 1 atom stereocenters. The molecule has 1 aliphatic heterocycles. The van der Waals surface area contributed by atoms with E-state index in [1.54, 1.807) is 13.8 Å². The standard InChI is InChI=1S/C8H17NO3S/c1-7(2)13(10,11)9-8-4-3-5-12-6-8/h7-9H,3-6H2,1-2H3/t8-/m0/s1. The third-order valence-corrected chi connectivity index (χ3v) is 4.01. The minimum Gasteiger partial charge on any atom is -0.380 e. The van der Waals surface area contributed by atoms with Gasteiger partial charge in [-0.1, -0.05) is 0 Å². The monoisotopic (exact) mass is 207 g/mol. The predicted molar refractivity (Wildman–Crippen MR) is 51.0 cm³/mol. The summed E-state index contributed by atoms with van der Waals surface area (Å²) in [5.41, 5.74) is 0. The Labute approximate surface area is 79.7 Å². The van der Waals surface area contributed by atoms with Crippen molar-refractivity contribution in [3.05, 3.63) is 0 Å². The number of nitrogens with one attached hydrogen (secondary N) is 1. The molecular weight excluding hydrogens is 190 g/mol. The molecule has 1 fully saturated rings. The first-order chi connectivity index (χ1) is 6.02. The molecule has 4 nitrogen and oxygen atoms in total. The van der Waals surface area contributed by atoms with E-state index in [9.17, 15) is 8.42 Å². The average Bonchev–Trinajstić information content (AvgIpc) is 2.05. The molecule has 1 N–H and O–H groups in total. The molecule has 5 heteroatoms. The van der Waals surface area contributed by atoms with Crippen molar-refractivity contribution in [3.63, 3.8) is 0 Å². The van der Waals surface area contributed by atoms with Crippen molar-refractivity contribution >= 4 is 10.0 Å². The highest BCUT2D eigenvalue weighted by atomic mass is 32.2. The van der Waals surface area contributed by atoms with Gasteiger partial charge in [0.15, 0.2) is 0 Å². The molecule has 1 saturated heterocycles. The minimum atomic E-state index is -3.13. The lowest BCUT2D eigenvalue weighted by atomic mass is 10.1. The normalized spacial score (nSPS) is 25.0. The Hall–Kier alpha value is -0.130. The summed E-state index contributed by atoms with van der Waals surface area (Å²) in [4.78, 5) is 0. The van der Waals surface area contributed by atoms with Gasteiger partial charge in [0.2, 0.25) is 10.0 Å². The van der Waals surface area contributed by atoms with Crippen molar-refractivity contribution in [1.29, 1.82) is 0 Å². The minimum absolute atomic E-state index is 0.0267. The van der Waals surface area contributed by atoms with Crippen molar-refractivity contribution in [2.24, 2.45) is 0 Å². The first-order valence-electron chi connectivity index (χ1n) is 4.61. The van der Waals surface area contributed by atoms with E-state index in [1.807, 2.05) is 0 Å². The highest BCUT2D eigenvalue weighted by molar-refractivity contribution is 7.90. The lowest BCUT2D eigenvalue weighted by Gasteiger charge is -2.23. The Bertz CT molecular complexity index is 242. The molecule has 0 aromatic heterocycles. The van der Waals surface area contributed by atoms with E-state index in [4.69, 9.17) is 4.74 Å².